The zero-order chi connectivity index (χ0) is 28.8. The van der Waals surface area contributed by atoms with Gasteiger partial charge in [0.05, 0.1) is 0 Å². The van der Waals surface area contributed by atoms with Crippen LogP contribution >= 0.6 is 0 Å². The number of hydrogen-bond donors (Lipinski definition) is 0. The third kappa shape index (κ3) is 27.8. The summed E-state index contributed by atoms with van der Waals surface area (Å²) in [6, 6.07) is 0. The largest absolute Gasteiger partial charge is 0.462 e. The summed E-state index contributed by atoms with van der Waals surface area (Å²) in [7, 11) is 0. The molecule has 0 aliphatic carbocycles. The van der Waals surface area contributed by atoms with Gasteiger partial charge in [0.2, 0.25) is 0 Å². The molecule has 229 valence electrons. The van der Waals surface area contributed by atoms with E-state index in [1.165, 1.54) is 83.7 Å². The Hall–Kier alpha value is -1.59. The zero-order valence-electron chi connectivity index (χ0n) is 25.8. The van der Waals surface area contributed by atoms with Crippen molar-refractivity contribution in [2.24, 2.45) is 0 Å². The van der Waals surface area contributed by atoms with E-state index in [9.17, 15) is 14.4 Å². The van der Waals surface area contributed by atoms with E-state index in [0.717, 1.165) is 57.8 Å². The van der Waals surface area contributed by atoms with Gasteiger partial charge in [0, 0.05) is 19.3 Å². The van der Waals surface area contributed by atoms with Crippen LogP contribution in [0.25, 0.3) is 0 Å². The topological polar surface area (TPSA) is 78.9 Å². The molecule has 0 aliphatic rings. The van der Waals surface area contributed by atoms with Gasteiger partial charge < -0.3 is 14.2 Å². The van der Waals surface area contributed by atoms with Crippen LogP contribution < -0.4 is 0 Å². The van der Waals surface area contributed by atoms with Crippen LogP contribution in [0.2, 0.25) is 0 Å². The lowest BCUT2D eigenvalue weighted by Crippen LogP contribution is -2.27. The average molecular weight is 554 g/mol. The molecule has 0 rings (SSSR count). The van der Waals surface area contributed by atoms with E-state index in [1.54, 1.807) is 0 Å². The van der Waals surface area contributed by atoms with Gasteiger partial charge >= 0.3 is 17.9 Å². The van der Waals surface area contributed by atoms with Crippen molar-refractivity contribution in [2.75, 3.05) is 6.61 Å². The molecule has 6 heteroatoms. The second-order valence-corrected chi connectivity index (χ2v) is 11.0. The highest BCUT2D eigenvalue weighted by Crippen LogP contribution is 2.13. The van der Waals surface area contributed by atoms with Crippen LogP contribution in [0, 0.1) is 6.61 Å². The Labute approximate surface area is 240 Å². The van der Waals surface area contributed by atoms with E-state index < -0.39 is 6.10 Å². The number of carbonyl (C=O) groups excluding carboxylic acids is 3. The van der Waals surface area contributed by atoms with Crippen LogP contribution in [0.15, 0.2) is 0 Å². The van der Waals surface area contributed by atoms with Crippen LogP contribution in [-0.2, 0) is 28.6 Å². The van der Waals surface area contributed by atoms with Gasteiger partial charge in [-0.2, -0.15) is 0 Å². The molecule has 0 aliphatic heterocycles. The molecule has 0 aromatic rings. The summed E-state index contributed by atoms with van der Waals surface area (Å²) >= 11 is 0. The minimum Gasteiger partial charge on any atom is -0.462 e. The number of rotatable bonds is 29. The van der Waals surface area contributed by atoms with Gasteiger partial charge in [-0.15, -0.1) is 0 Å². The first-order valence-electron chi connectivity index (χ1n) is 16.4. The summed E-state index contributed by atoms with van der Waals surface area (Å²) in [5.41, 5.74) is 0. The van der Waals surface area contributed by atoms with Gasteiger partial charge in [0.25, 0.3) is 0 Å². The summed E-state index contributed by atoms with van der Waals surface area (Å²) in [4.78, 5) is 36.8. The second kappa shape index (κ2) is 29.4. The minimum atomic E-state index is -0.877. The van der Waals surface area contributed by atoms with E-state index >= 15 is 0 Å². The Bertz CT molecular complexity index is 543. The third-order valence-electron chi connectivity index (χ3n) is 7.00. The van der Waals surface area contributed by atoms with E-state index in [0.29, 0.717) is 19.3 Å². The molecule has 0 N–H and O–H groups in total. The Kier molecular flexibility index (Phi) is 28.2. The summed E-state index contributed by atoms with van der Waals surface area (Å²) in [5.74, 6) is -0.998. The van der Waals surface area contributed by atoms with Crippen molar-refractivity contribution in [2.45, 2.75) is 181 Å². The van der Waals surface area contributed by atoms with Crippen LogP contribution in [0.5, 0.6) is 0 Å². The van der Waals surface area contributed by atoms with E-state index in [-0.39, 0.29) is 24.5 Å². The fourth-order valence-corrected chi connectivity index (χ4v) is 4.47. The van der Waals surface area contributed by atoms with Crippen molar-refractivity contribution in [1.82, 2.24) is 0 Å². The normalized spacial score (nSPS) is 11.1. The summed E-state index contributed by atoms with van der Waals surface area (Å²) in [6.07, 6.45) is 23.7. The fourth-order valence-electron chi connectivity index (χ4n) is 4.47. The molecule has 0 saturated heterocycles. The van der Waals surface area contributed by atoms with Crippen LogP contribution in [0.4, 0.5) is 0 Å². The molecule has 1 radical (unpaired) electrons. The monoisotopic (exact) mass is 553 g/mol. The highest BCUT2D eigenvalue weighted by atomic mass is 16.6. The summed E-state index contributed by atoms with van der Waals surface area (Å²) < 4.78 is 16.2. The molecule has 0 heterocycles. The quantitative estimate of drug-likeness (QED) is 0.0521. The Balaban J connectivity index is 4.36. The molecule has 0 aromatic carbocycles. The highest BCUT2D eigenvalue weighted by molar-refractivity contribution is 5.71. The molecular weight excluding hydrogens is 492 g/mol. The number of carbonyl (C=O) groups is 3. The lowest BCUT2D eigenvalue weighted by molar-refractivity contribution is -0.162. The Morgan fingerprint density at radius 2 is 0.846 bits per heavy atom. The fraction of sp³-hybridized carbons (Fsp3) is 0.879. The van der Waals surface area contributed by atoms with Crippen molar-refractivity contribution in [1.29, 1.82) is 0 Å². The summed E-state index contributed by atoms with van der Waals surface area (Å²) in [5, 5.41) is 0. The molecule has 0 spiro atoms. The maximum Gasteiger partial charge on any atom is 0.306 e. The lowest BCUT2D eigenvalue weighted by atomic mass is 10.1. The molecule has 0 amide bonds. The first-order valence-corrected chi connectivity index (χ1v) is 16.4. The van der Waals surface area contributed by atoms with Crippen molar-refractivity contribution in [3.63, 3.8) is 0 Å². The van der Waals surface area contributed by atoms with Crippen LogP contribution in [-0.4, -0.2) is 30.6 Å². The van der Waals surface area contributed by atoms with Gasteiger partial charge in [0.15, 0.2) is 12.7 Å². The lowest BCUT2D eigenvalue weighted by Gasteiger charge is -2.17. The zero-order valence-corrected chi connectivity index (χ0v) is 25.8. The van der Waals surface area contributed by atoms with Gasteiger partial charge in [0.1, 0.15) is 6.61 Å². The average Bonchev–Trinajstić information content (AvgIpc) is 2.93. The number of hydrogen-bond acceptors (Lipinski definition) is 6. The Morgan fingerprint density at radius 1 is 0.487 bits per heavy atom. The molecule has 1 unspecified atom stereocenters. The maximum atomic E-state index is 12.4. The highest BCUT2D eigenvalue weighted by Gasteiger charge is 2.20. The standard InChI is InChI=1S/C33H61O6/c1-4-7-10-13-16-19-22-25-31(34)37-28-30(39-33(36)27-24-21-18-15-12-9-6-3)29-38-32(35)26-23-20-17-14-11-8-5-2/h28,30H,4-27,29H2,1-3H3. The SMILES string of the molecule is CCCCCCCCCC(=O)O[CH]C(COC(=O)CCCCCCCCC)OC(=O)CCCCCCCCC. The Morgan fingerprint density at radius 3 is 1.28 bits per heavy atom. The third-order valence-corrected chi connectivity index (χ3v) is 7.00. The summed E-state index contributed by atoms with van der Waals surface area (Å²) in [6.45, 7) is 7.70. The van der Waals surface area contributed by atoms with Crippen molar-refractivity contribution in [3.8, 4) is 0 Å². The first-order chi connectivity index (χ1) is 19.0. The van der Waals surface area contributed by atoms with Crippen molar-refractivity contribution in [3.05, 3.63) is 6.61 Å². The predicted molar refractivity (Wildman–Crippen MR) is 159 cm³/mol. The van der Waals surface area contributed by atoms with E-state index in [1.807, 2.05) is 0 Å². The molecular formula is C33H61O6. The smallest absolute Gasteiger partial charge is 0.306 e. The van der Waals surface area contributed by atoms with Gasteiger partial charge in [-0.25, -0.2) is 0 Å². The van der Waals surface area contributed by atoms with Crippen molar-refractivity contribution >= 4 is 17.9 Å². The van der Waals surface area contributed by atoms with E-state index in [4.69, 9.17) is 14.2 Å². The minimum absolute atomic E-state index is 0.122. The molecule has 0 bridgehead atoms. The molecule has 0 saturated carbocycles. The van der Waals surface area contributed by atoms with Crippen LogP contribution in [0.1, 0.15) is 175 Å². The van der Waals surface area contributed by atoms with Gasteiger partial charge in [-0.05, 0) is 19.3 Å². The van der Waals surface area contributed by atoms with Crippen molar-refractivity contribution < 1.29 is 28.6 Å². The maximum absolute atomic E-state index is 12.4. The molecule has 6 nitrogen and oxygen atoms in total. The van der Waals surface area contributed by atoms with Gasteiger partial charge in [-0.1, -0.05) is 136 Å². The number of ether oxygens (including phenoxy) is 3. The molecule has 0 aromatic heterocycles. The first kappa shape index (κ1) is 37.4. The van der Waals surface area contributed by atoms with E-state index in [2.05, 4.69) is 20.8 Å². The number of esters is 3. The second-order valence-electron chi connectivity index (χ2n) is 11.0. The molecule has 39 heavy (non-hydrogen) atoms. The number of unbranched alkanes of at least 4 members (excludes halogenated alkanes) is 18. The molecule has 1 atom stereocenters. The molecule has 0 fully saturated rings. The van der Waals surface area contributed by atoms with Crippen LogP contribution in [0.3, 0.4) is 0 Å². The predicted octanol–water partition coefficient (Wildman–Crippen LogP) is 9.57. The van der Waals surface area contributed by atoms with Gasteiger partial charge in [-0.3, -0.25) is 14.4 Å².